The number of nitrogens with zero attached hydrogens (tertiary/aromatic N) is 1. The van der Waals surface area contributed by atoms with Gasteiger partial charge in [0.1, 0.15) is 12.4 Å². The molecule has 4 rings (SSSR count). The van der Waals surface area contributed by atoms with Crippen LogP contribution in [0, 0.1) is 0 Å². The molecule has 1 aliphatic carbocycles. The van der Waals surface area contributed by atoms with E-state index in [0.717, 1.165) is 48.6 Å². The van der Waals surface area contributed by atoms with Gasteiger partial charge in [-0.05, 0) is 66.1 Å². The molecule has 0 aliphatic heterocycles. The molecule has 33 heavy (non-hydrogen) atoms. The van der Waals surface area contributed by atoms with Crippen LogP contribution < -0.4 is 4.74 Å². The van der Waals surface area contributed by atoms with E-state index in [1.54, 1.807) is 12.1 Å². The molecule has 1 fully saturated rings. The molecule has 0 spiro atoms. The molecule has 0 saturated heterocycles. The third-order valence-corrected chi connectivity index (χ3v) is 6.48. The van der Waals surface area contributed by atoms with E-state index < -0.39 is 17.7 Å². The van der Waals surface area contributed by atoms with Gasteiger partial charge < -0.3 is 14.4 Å². The first kappa shape index (κ1) is 23.2. The highest BCUT2D eigenvalue weighted by Crippen LogP contribution is 2.42. The van der Waals surface area contributed by atoms with Gasteiger partial charge in [0.2, 0.25) is 0 Å². The molecular formula is C26H28F3NO3. The Hall–Kier alpha value is -2.96. The number of carbonyl (C=O) groups is 1. The fourth-order valence-corrected chi connectivity index (χ4v) is 4.86. The maximum atomic E-state index is 13.8. The van der Waals surface area contributed by atoms with E-state index in [9.17, 15) is 18.0 Å². The van der Waals surface area contributed by atoms with Gasteiger partial charge in [0.25, 0.3) is 0 Å². The fraction of sp³-hybridized carbons (Fsp3) is 0.423. The summed E-state index contributed by atoms with van der Waals surface area (Å²) in [5.41, 5.74) is 2.31. The van der Waals surface area contributed by atoms with Crippen LogP contribution in [0.1, 0.15) is 67.2 Å². The number of alkyl halides is 3. The summed E-state index contributed by atoms with van der Waals surface area (Å²) in [6, 6.07) is 10.2. The zero-order chi connectivity index (χ0) is 23.6. The lowest BCUT2D eigenvalue weighted by atomic mass is 9.91. The van der Waals surface area contributed by atoms with Crippen LogP contribution in [0.4, 0.5) is 13.2 Å². The smallest absolute Gasteiger partial charge is 0.416 e. The van der Waals surface area contributed by atoms with Gasteiger partial charge in [0.05, 0.1) is 17.5 Å². The molecule has 1 aliphatic rings. The molecule has 1 N–H and O–H groups in total. The molecule has 0 atom stereocenters. The Labute approximate surface area is 191 Å². The number of hydrogen-bond donors (Lipinski definition) is 1. The van der Waals surface area contributed by atoms with E-state index >= 15 is 0 Å². The lowest BCUT2D eigenvalue weighted by Crippen LogP contribution is -2.12. The first-order chi connectivity index (χ1) is 15.8. The van der Waals surface area contributed by atoms with Crippen molar-refractivity contribution in [3.63, 3.8) is 0 Å². The standard InChI is InChI=1S/C26H28F3NO3/c1-2-18-14-21(15-20-9-11-30(25(18)20)12-10-24(31)32)33-16-17-7-8-22(19-5-3-4-6-19)23(13-17)26(27,28)29/h7-9,11,13-15,19H,2-6,10,12,16H2,1H3,(H,31,32). The lowest BCUT2D eigenvalue weighted by molar-refractivity contribution is -0.139. The van der Waals surface area contributed by atoms with Gasteiger partial charge in [-0.2, -0.15) is 13.2 Å². The molecule has 0 radical (unpaired) electrons. The average Bonchev–Trinajstić information content (AvgIpc) is 3.45. The van der Waals surface area contributed by atoms with Gasteiger partial charge in [0.15, 0.2) is 0 Å². The van der Waals surface area contributed by atoms with Crippen molar-refractivity contribution in [2.45, 2.75) is 70.7 Å². The average molecular weight is 460 g/mol. The minimum atomic E-state index is -4.39. The topological polar surface area (TPSA) is 51.5 Å². The summed E-state index contributed by atoms with van der Waals surface area (Å²) in [5.74, 6) is -0.285. The molecule has 1 heterocycles. The highest BCUT2D eigenvalue weighted by atomic mass is 19.4. The van der Waals surface area contributed by atoms with E-state index in [2.05, 4.69) is 0 Å². The van der Waals surface area contributed by atoms with Crippen molar-refractivity contribution < 1.29 is 27.8 Å². The first-order valence-electron chi connectivity index (χ1n) is 11.4. The summed E-state index contributed by atoms with van der Waals surface area (Å²) in [7, 11) is 0. The second kappa shape index (κ2) is 9.49. The molecule has 0 amide bonds. The molecule has 176 valence electrons. The van der Waals surface area contributed by atoms with Crippen molar-refractivity contribution >= 4 is 16.9 Å². The van der Waals surface area contributed by atoms with Crippen molar-refractivity contribution in [3.05, 3.63) is 64.8 Å². The van der Waals surface area contributed by atoms with E-state index in [1.165, 1.54) is 6.07 Å². The van der Waals surface area contributed by atoms with Gasteiger partial charge in [-0.1, -0.05) is 31.9 Å². The molecule has 2 aromatic carbocycles. The Balaban J connectivity index is 1.56. The Morgan fingerprint density at radius 2 is 1.91 bits per heavy atom. The van der Waals surface area contributed by atoms with Crippen LogP contribution in [0.15, 0.2) is 42.6 Å². The van der Waals surface area contributed by atoms with Crippen LogP contribution >= 0.6 is 0 Å². The summed E-state index contributed by atoms with van der Waals surface area (Å²) < 4.78 is 49.1. The van der Waals surface area contributed by atoms with Crippen LogP contribution in [0.5, 0.6) is 5.75 Å². The SMILES string of the molecule is CCc1cc(OCc2ccc(C3CCCC3)c(C(F)(F)F)c2)cc2ccn(CCC(=O)O)c12. The monoisotopic (exact) mass is 459 g/mol. The summed E-state index contributed by atoms with van der Waals surface area (Å²) in [4.78, 5) is 10.9. The van der Waals surface area contributed by atoms with Crippen molar-refractivity contribution in [2.24, 2.45) is 0 Å². The Bertz CT molecular complexity index is 1140. The van der Waals surface area contributed by atoms with Crippen molar-refractivity contribution in [1.29, 1.82) is 0 Å². The molecule has 0 bridgehead atoms. The number of aryl methyl sites for hydroxylation is 2. The molecule has 1 aromatic heterocycles. The number of rotatable bonds is 8. The van der Waals surface area contributed by atoms with Crippen LogP contribution in [0.2, 0.25) is 0 Å². The number of benzene rings is 2. The number of hydrogen-bond acceptors (Lipinski definition) is 2. The van der Waals surface area contributed by atoms with Crippen molar-refractivity contribution in [2.75, 3.05) is 0 Å². The maximum absolute atomic E-state index is 13.8. The predicted octanol–water partition coefficient (Wildman–Crippen LogP) is 6.93. The zero-order valence-electron chi connectivity index (χ0n) is 18.6. The second-order valence-electron chi connectivity index (χ2n) is 8.72. The quantitative estimate of drug-likeness (QED) is 0.397. The largest absolute Gasteiger partial charge is 0.489 e. The van der Waals surface area contributed by atoms with Gasteiger partial charge >= 0.3 is 12.1 Å². The Morgan fingerprint density at radius 3 is 2.58 bits per heavy atom. The van der Waals surface area contributed by atoms with Crippen molar-refractivity contribution in [1.82, 2.24) is 4.57 Å². The zero-order valence-corrected chi connectivity index (χ0v) is 18.6. The normalized spacial score (nSPS) is 14.8. The number of halogens is 3. The summed E-state index contributed by atoms with van der Waals surface area (Å²) in [6.07, 6.45) is 1.80. The van der Waals surface area contributed by atoms with E-state index in [0.29, 0.717) is 23.4 Å². The van der Waals surface area contributed by atoms with Crippen LogP contribution in [0.3, 0.4) is 0 Å². The van der Waals surface area contributed by atoms with Gasteiger partial charge in [-0.15, -0.1) is 0 Å². The number of aromatic nitrogens is 1. The number of carboxylic acids is 1. The molecule has 4 nitrogen and oxygen atoms in total. The van der Waals surface area contributed by atoms with Gasteiger partial charge in [0, 0.05) is 18.1 Å². The van der Waals surface area contributed by atoms with Crippen molar-refractivity contribution in [3.8, 4) is 5.75 Å². The third kappa shape index (κ3) is 5.18. The van der Waals surface area contributed by atoms with Gasteiger partial charge in [-0.25, -0.2) is 0 Å². The molecule has 7 heteroatoms. The molecule has 1 saturated carbocycles. The minimum Gasteiger partial charge on any atom is -0.489 e. The van der Waals surface area contributed by atoms with Crippen LogP contribution in [0.25, 0.3) is 10.9 Å². The highest BCUT2D eigenvalue weighted by Gasteiger charge is 2.36. The first-order valence-corrected chi connectivity index (χ1v) is 11.4. The summed E-state index contributed by atoms with van der Waals surface area (Å²) in [6.45, 7) is 2.42. The third-order valence-electron chi connectivity index (χ3n) is 6.48. The van der Waals surface area contributed by atoms with Crippen LogP contribution in [-0.2, 0) is 30.5 Å². The lowest BCUT2D eigenvalue weighted by Gasteiger charge is -2.19. The summed E-state index contributed by atoms with van der Waals surface area (Å²) in [5, 5.41) is 9.90. The molecular weight excluding hydrogens is 431 g/mol. The fourth-order valence-electron chi connectivity index (χ4n) is 4.86. The van der Waals surface area contributed by atoms with E-state index in [1.807, 2.05) is 35.9 Å². The molecule has 0 unspecified atom stereocenters. The number of fused-ring (bicyclic) bond motifs is 1. The number of aliphatic carboxylic acids is 1. The van der Waals surface area contributed by atoms with E-state index in [-0.39, 0.29) is 18.9 Å². The minimum absolute atomic E-state index is 0.0173. The highest BCUT2D eigenvalue weighted by molar-refractivity contribution is 5.85. The maximum Gasteiger partial charge on any atom is 0.416 e. The van der Waals surface area contributed by atoms with E-state index in [4.69, 9.17) is 9.84 Å². The second-order valence-corrected chi connectivity index (χ2v) is 8.72. The predicted molar refractivity (Wildman–Crippen MR) is 121 cm³/mol. The summed E-state index contributed by atoms with van der Waals surface area (Å²) >= 11 is 0. The van der Waals surface area contributed by atoms with Crippen LogP contribution in [-0.4, -0.2) is 15.6 Å². The number of carboxylic acid groups (broad SMARTS) is 1. The van der Waals surface area contributed by atoms with Gasteiger partial charge in [-0.3, -0.25) is 4.79 Å². The Kier molecular flexibility index (Phi) is 6.68. The molecule has 3 aromatic rings. The number of ether oxygens (including phenoxy) is 1. The Morgan fingerprint density at radius 1 is 1.15 bits per heavy atom.